The van der Waals surface area contributed by atoms with Crippen LogP contribution in [-0.2, 0) is 11.2 Å². The average Bonchev–Trinajstić information content (AvgIpc) is 2.43. The molecule has 19 heavy (non-hydrogen) atoms. The summed E-state index contributed by atoms with van der Waals surface area (Å²) in [6.07, 6.45) is 5.56. The lowest BCUT2D eigenvalue weighted by molar-refractivity contribution is 0.115. The highest BCUT2D eigenvalue weighted by Crippen LogP contribution is 2.33. The van der Waals surface area contributed by atoms with Crippen LogP contribution in [0.2, 0.25) is 0 Å². The van der Waals surface area contributed by atoms with Gasteiger partial charge in [0.05, 0.1) is 6.26 Å². The molecule has 0 aromatic heterocycles. The molecule has 1 aliphatic heterocycles. The third kappa shape index (κ3) is 2.96. The van der Waals surface area contributed by atoms with Crippen LogP contribution in [0.4, 0.5) is 8.78 Å². The maximum Gasteiger partial charge on any atom is 0.166 e. The van der Waals surface area contributed by atoms with E-state index in [0.29, 0.717) is 24.0 Å². The molecule has 1 atom stereocenters. The Balaban J connectivity index is 2.18. The summed E-state index contributed by atoms with van der Waals surface area (Å²) in [4.78, 5) is 0. The van der Waals surface area contributed by atoms with Gasteiger partial charge >= 0.3 is 0 Å². The summed E-state index contributed by atoms with van der Waals surface area (Å²) in [5, 5.41) is 0. The zero-order valence-corrected chi connectivity index (χ0v) is 11.5. The van der Waals surface area contributed by atoms with E-state index < -0.39 is 11.6 Å². The first kappa shape index (κ1) is 14.0. The van der Waals surface area contributed by atoms with Gasteiger partial charge in [-0.15, -0.1) is 0 Å². The molecule has 0 saturated heterocycles. The second kappa shape index (κ2) is 6.18. The summed E-state index contributed by atoms with van der Waals surface area (Å²) in [6.45, 7) is 3.93. The van der Waals surface area contributed by atoms with Crippen LogP contribution in [0.1, 0.15) is 56.8 Å². The van der Waals surface area contributed by atoms with E-state index in [4.69, 9.17) is 4.74 Å². The van der Waals surface area contributed by atoms with Crippen molar-refractivity contribution in [2.24, 2.45) is 0 Å². The van der Waals surface area contributed by atoms with Crippen molar-refractivity contribution in [2.45, 2.75) is 52.1 Å². The second-order valence-corrected chi connectivity index (χ2v) is 4.98. The van der Waals surface area contributed by atoms with Crippen molar-refractivity contribution in [1.82, 2.24) is 0 Å². The number of hydrogen-bond acceptors (Lipinski definition) is 1. The molecule has 0 spiro atoms. The molecule has 2 rings (SSSR count). The maximum atomic E-state index is 14.0. The Morgan fingerprint density at radius 3 is 2.58 bits per heavy atom. The van der Waals surface area contributed by atoms with Gasteiger partial charge < -0.3 is 4.74 Å². The summed E-state index contributed by atoms with van der Waals surface area (Å²) >= 11 is 0. The lowest BCUT2D eigenvalue weighted by atomic mass is 9.96. The van der Waals surface area contributed by atoms with Gasteiger partial charge in [-0.3, -0.25) is 0 Å². The van der Waals surface area contributed by atoms with Crippen LogP contribution in [0.15, 0.2) is 24.0 Å². The van der Waals surface area contributed by atoms with Crippen LogP contribution < -0.4 is 0 Å². The molecule has 0 N–H and O–H groups in total. The van der Waals surface area contributed by atoms with E-state index in [1.165, 1.54) is 5.57 Å². The van der Waals surface area contributed by atoms with Gasteiger partial charge in [0.25, 0.3) is 0 Å². The summed E-state index contributed by atoms with van der Waals surface area (Å²) in [5.74, 6) is -1.48. The number of ether oxygens (including phenoxy) is 1. The van der Waals surface area contributed by atoms with E-state index in [1.54, 1.807) is 18.4 Å². The van der Waals surface area contributed by atoms with Crippen LogP contribution in [0, 0.1) is 11.6 Å². The molecule has 1 heterocycles. The molecular weight excluding hydrogens is 246 g/mol. The minimum atomic E-state index is -0.753. The molecule has 0 amide bonds. The number of aryl methyl sites for hydroxylation is 1. The van der Waals surface area contributed by atoms with Gasteiger partial charge in [0.15, 0.2) is 11.6 Å². The molecule has 1 aromatic rings. The SMILES string of the molecule is CCCC1=COC(c2ccc(CC)c(F)c2F)CC1. The van der Waals surface area contributed by atoms with E-state index in [0.717, 1.165) is 19.3 Å². The topological polar surface area (TPSA) is 9.23 Å². The van der Waals surface area contributed by atoms with Crippen molar-refractivity contribution in [3.63, 3.8) is 0 Å². The van der Waals surface area contributed by atoms with Crippen molar-refractivity contribution in [3.8, 4) is 0 Å². The van der Waals surface area contributed by atoms with Gasteiger partial charge in [0, 0.05) is 5.56 Å². The fourth-order valence-electron chi connectivity index (χ4n) is 2.48. The molecule has 3 heteroatoms. The fourth-order valence-corrected chi connectivity index (χ4v) is 2.48. The van der Waals surface area contributed by atoms with E-state index in [2.05, 4.69) is 6.92 Å². The Labute approximate surface area is 113 Å². The van der Waals surface area contributed by atoms with Gasteiger partial charge in [-0.05, 0) is 36.8 Å². The van der Waals surface area contributed by atoms with Gasteiger partial charge in [-0.25, -0.2) is 8.78 Å². The number of benzene rings is 1. The minimum absolute atomic E-state index is 0.335. The Morgan fingerprint density at radius 2 is 2.00 bits per heavy atom. The zero-order valence-electron chi connectivity index (χ0n) is 11.5. The highest BCUT2D eigenvalue weighted by atomic mass is 19.2. The molecule has 0 fully saturated rings. The average molecular weight is 266 g/mol. The van der Waals surface area contributed by atoms with Crippen LogP contribution >= 0.6 is 0 Å². The smallest absolute Gasteiger partial charge is 0.166 e. The van der Waals surface area contributed by atoms with E-state index in [-0.39, 0.29) is 6.10 Å². The van der Waals surface area contributed by atoms with Crippen molar-refractivity contribution in [2.75, 3.05) is 0 Å². The Bertz CT molecular complexity index is 480. The standard InChI is InChI=1S/C16H20F2O/c1-3-5-11-6-9-14(19-10-11)13-8-7-12(4-2)15(17)16(13)18/h7-8,10,14H,3-6,9H2,1-2H3. The molecule has 1 nitrogen and oxygen atoms in total. The maximum absolute atomic E-state index is 14.0. The number of hydrogen-bond donors (Lipinski definition) is 0. The predicted octanol–water partition coefficient (Wildman–Crippen LogP) is 5.06. The van der Waals surface area contributed by atoms with Crippen LogP contribution in [0.25, 0.3) is 0 Å². The largest absolute Gasteiger partial charge is 0.493 e. The molecule has 0 aliphatic carbocycles. The fraction of sp³-hybridized carbons (Fsp3) is 0.500. The summed E-state index contributed by atoms with van der Waals surface area (Å²) in [7, 11) is 0. The first-order valence-corrected chi connectivity index (χ1v) is 6.97. The third-order valence-corrected chi connectivity index (χ3v) is 3.62. The predicted molar refractivity (Wildman–Crippen MR) is 71.8 cm³/mol. The third-order valence-electron chi connectivity index (χ3n) is 3.62. The van der Waals surface area contributed by atoms with E-state index in [1.807, 2.05) is 6.92 Å². The van der Waals surface area contributed by atoms with Crippen LogP contribution in [0.3, 0.4) is 0 Å². The number of halogens is 2. The summed E-state index contributed by atoms with van der Waals surface area (Å²) < 4.78 is 33.3. The van der Waals surface area contributed by atoms with Gasteiger partial charge in [0.2, 0.25) is 0 Å². The lowest BCUT2D eigenvalue weighted by Gasteiger charge is -2.24. The van der Waals surface area contributed by atoms with Gasteiger partial charge in [0.1, 0.15) is 6.10 Å². The van der Waals surface area contributed by atoms with Gasteiger partial charge in [-0.2, -0.15) is 0 Å². The molecule has 0 radical (unpaired) electrons. The Morgan fingerprint density at radius 1 is 1.21 bits per heavy atom. The quantitative estimate of drug-likeness (QED) is 0.740. The van der Waals surface area contributed by atoms with Crippen molar-refractivity contribution in [1.29, 1.82) is 0 Å². The lowest BCUT2D eigenvalue weighted by Crippen LogP contribution is -2.11. The molecule has 104 valence electrons. The summed E-state index contributed by atoms with van der Waals surface area (Å²) in [5.41, 5.74) is 2.01. The van der Waals surface area contributed by atoms with Crippen molar-refractivity contribution >= 4 is 0 Å². The number of allylic oxidation sites excluding steroid dienone is 1. The van der Waals surface area contributed by atoms with Crippen molar-refractivity contribution < 1.29 is 13.5 Å². The second-order valence-electron chi connectivity index (χ2n) is 4.98. The Kier molecular flexibility index (Phi) is 4.56. The number of rotatable bonds is 4. The first-order valence-electron chi connectivity index (χ1n) is 6.97. The molecule has 0 bridgehead atoms. The van der Waals surface area contributed by atoms with Crippen molar-refractivity contribution in [3.05, 3.63) is 46.7 Å². The highest BCUT2D eigenvalue weighted by molar-refractivity contribution is 5.28. The van der Waals surface area contributed by atoms with E-state index in [9.17, 15) is 8.78 Å². The zero-order chi connectivity index (χ0) is 13.8. The highest BCUT2D eigenvalue weighted by Gasteiger charge is 2.23. The van der Waals surface area contributed by atoms with Crippen LogP contribution in [0.5, 0.6) is 0 Å². The molecule has 1 unspecified atom stereocenters. The molecule has 1 aromatic carbocycles. The summed E-state index contributed by atoms with van der Waals surface area (Å²) in [6, 6.07) is 3.31. The minimum Gasteiger partial charge on any atom is -0.493 e. The Hall–Kier alpha value is -1.38. The van der Waals surface area contributed by atoms with Crippen LogP contribution in [-0.4, -0.2) is 0 Å². The van der Waals surface area contributed by atoms with Gasteiger partial charge in [-0.1, -0.05) is 32.4 Å². The molecule has 1 aliphatic rings. The molecular formula is C16H20F2O. The monoisotopic (exact) mass is 266 g/mol. The van der Waals surface area contributed by atoms with E-state index >= 15 is 0 Å². The molecule has 0 saturated carbocycles. The normalized spacial score (nSPS) is 18.9. The first-order chi connectivity index (χ1) is 9.17.